The number of hydrogen-bond donors (Lipinski definition) is 3. The van der Waals surface area contributed by atoms with Crippen LogP contribution >= 0.6 is 0 Å². The Morgan fingerprint density at radius 2 is 1.69 bits per heavy atom. The molecule has 5 heteroatoms. The van der Waals surface area contributed by atoms with Crippen molar-refractivity contribution in [2.75, 3.05) is 17.2 Å². The van der Waals surface area contributed by atoms with Gasteiger partial charge in [0.05, 0.1) is 6.54 Å². The average molecular weight is 353 g/mol. The van der Waals surface area contributed by atoms with Crippen molar-refractivity contribution in [3.8, 4) is 0 Å². The second-order valence-corrected chi connectivity index (χ2v) is 6.23. The molecule has 0 saturated heterocycles. The fraction of sp³-hybridized carbons (Fsp3) is 0.333. The lowest BCUT2D eigenvalue weighted by molar-refractivity contribution is -0.116. The Kier molecular flexibility index (Phi) is 7.36. The minimum atomic E-state index is -0.115. The Morgan fingerprint density at radius 3 is 2.35 bits per heavy atom. The fourth-order valence-electron chi connectivity index (χ4n) is 2.68. The third kappa shape index (κ3) is 5.70. The second kappa shape index (κ2) is 9.73. The van der Waals surface area contributed by atoms with Crippen molar-refractivity contribution in [2.24, 2.45) is 0 Å². The van der Waals surface area contributed by atoms with E-state index in [1.165, 1.54) is 5.56 Å². The second-order valence-electron chi connectivity index (χ2n) is 6.23. The first-order valence-electron chi connectivity index (χ1n) is 9.02. The van der Waals surface area contributed by atoms with Crippen molar-refractivity contribution in [2.45, 2.75) is 39.7 Å². The molecule has 1 atom stereocenters. The van der Waals surface area contributed by atoms with Gasteiger partial charge in [-0.25, -0.2) is 0 Å². The van der Waals surface area contributed by atoms with E-state index in [-0.39, 0.29) is 24.4 Å². The number of nitrogens with one attached hydrogen (secondary N) is 3. The molecule has 2 aromatic carbocycles. The Bertz CT molecular complexity index is 744. The molecule has 0 saturated carbocycles. The summed E-state index contributed by atoms with van der Waals surface area (Å²) in [5.74, 6) is -0.164. The van der Waals surface area contributed by atoms with Crippen LogP contribution in [0.25, 0.3) is 0 Å². The number of rotatable bonds is 8. The van der Waals surface area contributed by atoms with E-state index in [1.54, 1.807) is 13.0 Å². The molecule has 0 spiro atoms. The van der Waals surface area contributed by atoms with Gasteiger partial charge in [0.25, 0.3) is 0 Å². The first-order valence-corrected chi connectivity index (χ1v) is 9.02. The maximum Gasteiger partial charge on any atom is 0.238 e. The predicted octanol–water partition coefficient (Wildman–Crippen LogP) is 4.02. The number of benzene rings is 2. The molecule has 0 radical (unpaired) electrons. The fourth-order valence-corrected chi connectivity index (χ4v) is 2.68. The van der Waals surface area contributed by atoms with Crippen molar-refractivity contribution in [1.29, 1.82) is 0 Å². The number of hydrogen-bond acceptors (Lipinski definition) is 3. The number of carbonyl (C=O) groups is 2. The lowest BCUT2D eigenvalue weighted by Crippen LogP contribution is -2.31. The van der Waals surface area contributed by atoms with Crippen LogP contribution in [0.4, 0.5) is 11.4 Å². The normalized spacial score (nSPS) is 11.7. The molecule has 3 N–H and O–H groups in total. The Morgan fingerprint density at radius 1 is 0.962 bits per heavy atom. The van der Waals surface area contributed by atoms with E-state index in [1.807, 2.05) is 37.3 Å². The predicted molar refractivity (Wildman–Crippen MR) is 106 cm³/mol. The van der Waals surface area contributed by atoms with Gasteiger partial charge >= 0.3 is 0 Å². The molecule has 26 heavy (non-hydrogen) atoms. The maximum atomic E-state index is 12.3. The average Bonchev–Trinajstić information content (AvgIpc) is 2.65. The van der Waals surface area contributed by atoms with Crippen LogP contribution in [-0.2, 0) is 9.59 Å². The van der Waals surface area contributed by atoms with E-state index in [9.17, 15) is 9.59 Å². The molecular formula is C21H27N3O2. The summed E-state index contributed by atoms with van der Waals surface area (Å²) >= 11 is 0. The molecule has 1 unspecified atom stereocenters. The number of amides is 2. The highest BCUT2D eigenvalue weighted by Gasteiger charge is 2.11. The first kappa shape index (κ1) is 19.7. The summed E-state index contributed by atoms with van der Waals surface area (Å²) in [6, 6.07) is 15.7. The largest absolute Gasteiger partial charge is 0.326 e. The van der Waals surface area contributed by atoms with Crippen LogP contribution in [0, 0.1) is 6.92 Å². The van der Waals surface area contributed by atoms with E-state index in [0.29, 0.717) is 12.1 Å². The lowest BCUT2D eigenvalue weighted by Gasteiger charge is -2.17. The van der Waals surface area contributed by atoms with E-state index < -0.39 is 0 Å². The van der Waals surface area contributed by atoms with Gasteiger partial charge in [-0.3, -0.25) is 9.59 Å². The van der Waals surface area contributed by atoms with Crippen LogP contribution in [0.2, 0.25) is 0 Å². The van der Waals surface area contributed by atoms with Crippen molar-refractivity contribution in [3.63, 3.8) is 0 Å². The molecule has 2 rings (SSSR count). The molecule has 0 heterocycles. The molecule has 0 aliphatic heterocycles. The minimum Gasteiger partial charge on any atom is -0.326 e. The quantitative estimate of drug-likeness (QED) is 0.671. The zero-order chi connectivity index (χ0) is 18.9. The molecule has 0 aliphatic rings. The lowest BCUT2D eigenvalue weighted by atomic mass is 10.0. The molecule has 0 fully saturated rings. The molecule has 0 aromatic heterocycles. The van der Waals surface area contributed by atoms with Crippen molar-refractivity contribution >= 4 is 23.2 Å². The van der Waals surface area contributed by atoms with Gasteiger partial charge in [-0.1, -0.05) is 50.2 Å². The molecule has 0 bridgehead atoms. The van der Waals surface area contributed by atoms with E-state index in [0.717, 1.165) is 17.7 Å². The van der Waals surface area contributed by atoms with Crippen molar-refractivity contribution in [1.82, 2.24) is 5.32 Å². The summed E-state index contributed by atoms with van der Waals surface area (Å²) in [6.45, 7) is 6.03. The molecule has 138 valence electrons. The molecule has 2 amide bonds. The SMILES string of the molecule is CCC(=O)Nc1cc(NC(=O)CNC(CC)c2ccccc2)ccc1C. The molecule has 2 aromatic rings. The van der Waals surface area contributed by atoms with E-state index in [4.69, 9.17) is 0 Å². The topological polar surface area (TPSA) is 70.2 Å². The Hall–Kier alpha value is -2.66. The van der Waals surface area contributed by atoms with Gasteiger partial charge in [0.2, 0.25) is 11.8 Å². The minimum absolute atomic E-state index is 0.0492. The van der Waals surface area contributed by atoms with Gasteiger partial charge in [0.1, 0.15) is 0 Å². The smallest absolute Gasteiger partial charge is 0.238 e. The van der Waals surface area contributed by atoms with Crippen LogP contribution in [-0.4, -0.2) is 18.4 Å². The Balaban J connectivity index is 1.95. The van der Waals surface area contributed by atoms with Gasteiger partial charge in [0.15, 0.2) is 0 Å². The van der Waals surface area contributed by atoms with Crippen molar-refractivity contribution in [3.05, 3.63) is 59.7 Å². The van der Waals surface area contributed by atoms with E-state index >= 15 is 0 Å². The molecule has 5 nitrogen and oxygen atoms in total. The zero-order valence-electron chi connectivity index (χ0n) is 15.6. The number of carbonyl (C=O) groups excluding carboxylic acids is 2. The third-order valence-corrected chi connectivity index (χ3v) is 4.24. The summed E-state index contributed by atoms with van der Waals surface area (Å²) in [5, 5.41) is 9.02. The summed E-state index contributed by atoms with van der Waals surface area (Å²) in [4.78, 5) is 23.9. The first-order chi connectivity index (χ1) is 12.5. The monoisotopic (exact) mass is 353 g/mol. The van der Waals surface area contributed by atoms with Gasteiger partial charge in [0, 0.05) is 23.8 Å². The summed E-state index contributed by atoms with van der Waals surface area (Å²) < 4.78 is 0. The highest BCUT2D eigenvalue weighted by molar-refractivity contribution is 5.95. The third-order valence-electron chi connectivity index (χ3n) is 4.24. The highest BCUT2D eigenvalue weighted by atomic mass is 16.2. The van der Waals surface area contributed by atoms with Crippen LogP contribution in [0.1, 0.15) is 43.9 Å². The summed E-state index contributed by atoms with van der Waals surface area (Å²) in [7, 11) is 0. The van der Waals surface area contributed by atoms with Crippen LogP contribution in [0.5, 0.6) is 0 Å². The van der Waals surface area contributed by atoms with E-state index in [2.05, 4.69) is 35.0 Å². The number of anilines is 2. The van der Waals surface area contributed by atoms with Crippen LogP contribution in [0.3, 0.4) is 0 Å². The van der Waals surface area contributed by atoms with Gasteiger partial charge in [-0.15, -0.1) is 0 Å². The maximum absolute atomic E-state index is 12.3. The van der Waals surface area contributed by atoms with Gasteiger partial charge < -0.3 is 16.0 Å². The Labute approximate surface area is 155 Å². The van der Waals surface area contributed by atoms with Crippen LogP contribution < -0.4 is 16.0 Å². The van der Waals surface area contributed by atoms with Crippen molar-refractivity contribution < 1.29 is 9.59 Å². The number of aryl methyl sites for hydroxylation is 1. The highest BCUT2D eigenvalue weighted by Crippen LogP contribution is 2.21. The summed E-state index contributed by atoms with van der Waals surface area (Å²) in [5.41, 5.74) is 3.51. The molecular weight excluding hydrogens is 326 g/mol. The standard InChI is InChI=1S/C21H27N3O2/c1-4-18(16-9-7-6-8-10-16)22-14-21(26)23-17-12-11-15(3)19(13-17)24-20(25)5-2/h6-13,18,22H,4-5,14H2,1-3H3,(H,23,26)(H,24,25). The zero-order valence-corrected chi connectivity index (χ0v) is 15.6. The molecule has 0 aliphatic carbocycles. The summed E-state index contributed by atoms with van der Waals surface area (Å²) in [6.07, 6.45) is 1.31. The van der Waals surface area contributed by atoms with Gasteiger partial charge in [-0.2, -0.15) is 0 Å². The van der Waals surface area contributed by atoms with Gasteiger partial charge in [-0.05, 0) is 36.6 Å². The van der Waals surface area contributed by atoms with Crippen LogP contribution in [0.15, 0.2) is 48.5 Å².